The maximum atomic E-state index is 14.2. The van der Waals surface area contributed by atoms with Gasteiger partial charge in [-0.25, -0.2) is 9.97 Å². The van der Waals surface area contributed by atoms with Crippen molar-refractivity contribution < 1.29 is 4.79 Å². The first-order valence-electron chi connectivity index (χ1n) is 15.8. The summed E-state index contributed by atoms with van der Waals surface area (Å²) in [7, 11) is 2.17. The maximum absolute atomic E-state index is 14.2. The third-order valence-electron chi connectivity index (χ3n) is 8.24. The van der Waals surface area contributed by atoms with Crippen LogP contribution in [0.5, 0.6) is 0 Å². The molecule has 0 N–H and O–H groups in total. The minimum atomic E-state index is -0.467. The molecular weight excluding hydrogens is 558 g/mol. The summed E-state index contributed by atoms with van der Waals surface area (Å²) in [6.45, 7) is 20.0. The van der Waals surface area contributed by atoms with Gasteiger partial charge in [0.1, 0.15) is 0 Å². The average molecular weight is 606 g/mol. The number of aromatic nitrogens is 3. The third-order valence-corrected chi connectivity index (χ3v) is 8.24. The second-order valence-corrected chi connectivity index (χ2v) is 14.0. The lowest BCUT2D eigenvalue weighted by Gasteiger charge is -2.39. The van der Waals surface area contributed by atoms with Crippen LogP contribution in [-0.2, 0) is 6.54 Å². The molecule has 236 valence electrons. The molecule has 0 bridgehead atoms. The van der Waals surface area contributed by atoms with Crippen molar-refractivity contribution in [1.82, 2.24) is 24.8 Å². The number of pyridine rings is 1. The van der Waals surface area contributed by atoms with Crippen LogP contribution < -0.4 is 9.80 Å². The van der Waals surface area contributed by atoms with Crippen LogP contribution in [0.1, 0.15) is 63.0 Å². The zero-order chi connectivity index (χ0) is 32.4. The Morgan fingerprint density at radius 1 is 0.867 bits per heavy atom. The lowest BCUT2D eigenvalue weighted by atomic mass is 9.99. The molecule has 2 aromatic heterocycles. The van der Waals surface area contributed by atoms with Crippen LogP contribution in [0.15, 0.2) is 79.3 Å². The molecule has 0 aliphatic carbocycles. The summed E-state index contributed by atoms with van der Waals surface area (Å²) in [4.78, 5) is 37.1. The van der Waals surface area contributed by atoms with Crippen LogP contribution >= 0.6 is 0 Å². The summed E-state index contributed by atoms with van der Waals surface area (Å²) in [6, 6.07) is 20.2. The Kier molecular flexibility index (Phi) is 9.37. The number of nitrogens with zero attached hydrogens (tertiary/aromatic N) is 7. The molecule has 1 amide bonds. The average Bonchev–Trinajstić information content (AvgIpc) is 2.99. The first-order chi connectivity index (χ1) is 21.3. The predicted molar refractivity (Wildman–Crippen MR) is 184 cm³/mol. The van der Waals surface area contributed by atoms with Crippen molar-refractivity contribution in [3.8, 4) is 11.3 Å². The van der Waals surface area contributed by atoms with Crippen LogP contribution in [0.3, 0.4) is 0 Å². The second kappa shape index (κ2) is 13.1. The highest BCUT2D eigenvalue weighted by Crippen LogP contribution is 2.38. The summed E-state index contributed by atoms with van der Waals surface area (Å²) >= 11 is 0. The van der Waals surface area contributed by atoms with E-state index in [1.54, 1.807) is 12.4 Å². The van der Waals surface area contributed by atoms with Gasteiger partial charge in [0, 0.05) is 84.9 Å². The van der Waals surface area contributed by atoms with Crippen molar-refractivity contribution in [2.75, 3.05) is 43.0 Å². The highest BCUT2D eigenvalue weighted by atomic mass is 16.2. The number of likely N-dealkylation sites (N-methyl/N-ethyl adjacent to an activating group) is 1. The van der Waals surface area contributed by atoms with Gasteiger partial charge in [0.05, 0.1) is 5.69 Å². The zero-order valence-corrected chi connectivity index (χ0v) is 28.1. The van der Waals surface area contributed by atoms with E-state index in [2.05, 4.69) is 99.5 Å². The van der Waals surface area contributed by atoms with Gasteiger partial charge >= 0.3 is 0 Å². The topological polar surface area (TPSA) is 68.7 Å². The summed E-state index contributed by atoms with van der Waals surface area (Å²) in [6.07, 6.45) is 5.36. The monoisotopic (exact) mass is 605 g/mol. The van der Waals surface area contributed by atoms with Crippen molar-refractivity contribution in [1.29, 1.82) is 0 Å². The number of amides is 1. The highest BCUT2D eigenvalue weighted by Gasteiger charge is 2.32. The number of anilines is 3. The van der Waals surface area contributed by atoms with Gasteiger partial charge in [-0.05, 0) is 109 Å². The molecule has 1 saturated heterocycles. The van der Waals surface area contributed by atoms with Crippen LogP contribution in [0.2, 0.25) is 0 Å². The van der Waals surface area contributed by atoms with E-state index < -0.39 is 5.54 Å². The summed E-state index contributed by atoms with van der Waals surface area (Å²) in [5.41, 5.74) is 5.66. The summed E-state index contributed by atoms with van der Waals surface area (Å²) in [5.74, 6) is 0.564. The fraction of sp³-hybridized carbons (Fsp3) is 0.405. The van der Waals surface area contributed by atoms with Crippen LogP contribution in [0, 0.1) is 6.92 Å². The van der Waals surface area contributed by atoms with Gasteiger partial charge < -0.3 is 14.7 Å². The molecule has 1 aliphatic heterocycles. The van der Waals surface area contributed by atoms with E-state index in [-0.39, 0.29) is 11.4 Å². The van der Waals surface area contributed by atoms with Crippen molar-refractivity contribution in [2.45, 2.75) is 66.1 Å². The van der Waals surface area contributed by atoms with Crippen molar-refractivity contribution in [2.24, 2.45) is 0 Å². The molecule has 1 fully saturated rings. The van der Waals surface area contributed by atoms with E-state index in [1.165, 1.54) is 5.56 Å². The fourth-order valence-corrected chi connectivity index (χ4v) is 5.83. The van der Waals surface area contributed by atoms with E-state index in [0.717, 1.165) is 60.9 Å². The first-order valence-corrected chi connectivity index (χ1v) is 15.8. The van der Waals surface area contributed by atoms with Gasteiger partial charge in [0.15, 0.2) is 0 Å². The van der Waals surface area contributed by atoms with Gasteiger partial charge in [-0.3, -0.25) is 14.7 Å². The third kappa shape index (κ3) is 7.57. The summed E-state index contributed by atoms with van der Waals surface area (Å²) in [5, 5.41) is 0. The molecule has 8 nitrogen and oxygen atoms in total. The van der Waals surface area contributed by atoms with Gasteiger partial charge in [-0.1, -0.05) is 18.2 Å². The van der Waals surface area contributed by atoms with E-state index in [4.69, 9.17) is 9.97 Å². The molecule has 0 radical (unpaired) electrons. The Balaban J connectivity index is 1.48. The van der Waals surface area contributed by atoms with Gasteiger partial charge in [-0.15, -0.1) is 0 Å². The number of piperazine rings is 1. The Labute approximate surface area is 268 Å². The molecule has 4 aromatic rings. The molecule has 5 rings (SSSR count). The Morgan fingerprint density at radius 2 is 1.58 bits per heavy atom. The largest absolute Gasteiger partial charge is 0.305 e. The van der Waals surface area contributed by atoms with Crippen LogP contribution in [0.25, 0.3) is 11.3 Å². The molecule has 0 spiro atoms. The molecule has 0 saturated carbocycles. The fourth-order valence-electron chi connectivity index (χ4n) is 5.83. The zero-order valence-electron chi connectivity index (χ0n) is 28.1. The number of benzene rings is 2. The Bertz CT molecular complexity index is 1600. The lowest BCUT2D eigenvalue weighted by molar-refractivity contribution is 0.0966. The molecule has 45 heavy (non-hydrogen) atoms. The highest BCUT2D eigenvalue weighted by molar-refractivity contribution is 6.07. The maximum Gasteiger partial charge on any atom is 0.258 e. The standard InChI is InChI=1S/C37H47N7O/c1-27-11-16-31(24-33(27)44(37(5,6)7)35-39-19-17-32(40-35)30-10-9-18-38-25-30)43(36(2,3)4)34(45)29-14-12-28(13-15-29)26-42-22-20-41(8)21-23-42/h9-19,24-25H,20-23,26H2,1-8H3. The summed E-state index contributed by atoms with van der Waals surface area (Å²) < 4.78 is 0. The predicted octanol–water partition coefficient (Wildman–Crippen LogP) is 6.98. The SMILES string of the molecule is Cc1ccc(N(C(=O)c2ccc(CN3CCN(C)CC3)cc2)C(C)(C)C)cc1N(c1nccc(-c2cccnc2)n1)C(C)(C)C. The molecule has 1 aliphatic rings. The number of carbonyl (C=O) groups is 1. The van der Waals surface area contributed by atoms with Crippen molar-refractivity contribution >= 4 is 23.2 Å². The van der Waals surface area contributed by atoms with Gasteiger partial charge in [0.25, 0.3) is 5.91 Å². The van der Waals surface area contributed by atoms with Crippen molar-refractivity contribution in [3.63, 3.8) is 0 Å². The van der Waals surface area contributed by atoms with E-state index >= 15 is 0 Å². The Morgan fingerprint density at radius 3 is 2.20 bits per heavy atom. The van der Waals surface area contributed by atoms with Crippen LogP contribution in [0.4, 0.5) is 17.3 Å². The minimum absolute atomic E-state index is 0.0272. The molecule has 3 heterocycles. The number of hydrogen-bond donors (Lipinski definition) is 0. The molecule has 8 heteroatoms. The quantitative estimate of drug-likeness (QED) is 0.225. The molecule has 0 atom stereocenters. The Hall–Kier alpha value is -4.14. The van der Waals surface area contributed by atoms with Gasteiger partial charge in [0.2, 0.25) is 5.95 Å². The van der Waals surface area contributed by atoms with E-state index in [9.17, 15) is 4.79 Å². The van der Waals surface area contributed by atoms with Crippen LogP contribution in [-0.4, -0.2) is 75.0 Å². The lowest BCUT2D eigenvalue weighted by Crippen LogP contribution is -2.46. The van der Waals surface area contributed by atoms with E-state index in [0.29, 0.717) is 11.5 Å². The molecular formula is C37H47N7O. The smallest absolute Gasteiger partial charge is 0.258 e. The number of carbonyl (C=O) groups excluding carboxylic acids is 1. The molecule has 2 aromatic carbocycles. The number of aryl methyl sites for hydroxylation is 1. The second-order valence-electron chi connectivity index (χ2n) is 14.0. The minimum Gasteiger partial charge on any atom is -0.305 e. The molecule has 0 unspecified atom stereocenters. The van der Waals surface area contributed by atoms with Gasteiger partial charge in [-0.2, -0.15) is 0 Å². The van der Waals surface area contributed by atoms with E-state index in [1.807, 2.05) is 47.5 Å². The van der Waals surface area contributed by atoms with Crippen molar-refractivity contribution in [3.05, 3.63) is 95.9 Å². The first kappa shape index (κ1) is 32.3. The number of hydrogen-bond acceptors (Lipinski definition) is 7. The number of rotatable bonds is 7. The normalized spacial score (nSPS) is 14.8.